The molecule has 2 heterocycles. The van der Waals surface area contributed by atoms with Gasteiger partial charge >= 0.3 is 5.97 Å². The monoisotopic (exact) mass is 255 g/mol. The van der Waals surface area contributed by atoms with E-state index < -0.39 is 5.97 Å². The van der Waals surface area contributed by atoms with E-state index in [2.05, 4.69) is 0 Å². The van der Waals surface area contributed by atoms with Crippen LogP contribution in [0.4, 0.5) is 0 Å². The Kier molecular flexibility index (Phi) is 4.07. The van der Waals surface area contributed by atoms with Gasteiger partial charge in [0.25, 0.3) is 5.91 Å². The van der Waals surface area contributed by atoms with Gasteiger partial charge in [0.2, 0.25) is 5.76 Å². The normalized spacial score (nSPS) is 23.7. The average Bonchev–Trinajstić information content (AvgIpc) is 2.39. The number of hydrogen-bond acceptors (Lipinski definition) is 4. The number of carboxylic acids is 1. The van der Waals surface area contributed by atoms with Gasteiger partial charge in [0.15, 0.2) is 0 Å². The standard InChI is InChI=1S/C12H17NO5/c14-11(15)7-9-3-1-2-4-13(9)12(16)10-8-17-5-6-18-10/h8-9H,1-7H2,(H,14,15). The molecule has 6 nitrogen and oxygen atoms in total. The number of carboxylic acid groups (broad SMARTS) is 1. The first-order valence-corrected chi connectivity index (χ1v) is 6.16. The molecule has 1 atom stereocenters. The highest BCUT2D eigenvalue weighted by Gasteiger charge is 2.31. The second-order valence-electron chi connectivity index (χ2n) is 4.45. The first-order valence-electron chi connectivity index (χ1n) is 6.16. The van der Waals surface area contributed by atoms with Crippen LogP contribution >= 0.6 is 0 Å². The molecule has 6 heteroatoms. The maximum absolute atomic E-state index is 12.2. The van der Waals surface area contributed by atoms with Crippen molar-refractivity contribution < 1.29 is 24.2 Å². The maximum atomic E-state index is 12.2. The van der Waals surface area contributed by atoms with Crippen molar-refractivity contribution in [3.8, 4) is 0 Å². The van der Waals surface area contributed by atoms with E-state index in [1.165, 1.54) is 6.26 Å². The fraction of sp³-hybridized carbons (Fsp3) is 0.667. The van der Waals surface area contributed by atoms with E-state index in [1.54, 1.807) is 4.90 Å². The van der Waals surface area contributed by atoms with Crippen LogP contribution in [0.1, 0.15) is 25.7 Å². The van der Waals surface area contributed by atoms with Crippen LogP contribution in [0.2, 0.25) is 0 Å². The summed E-state index contributed by atoms with van der Waals surface area (Å²) in [4.78, 5) is 24.6. The molecule has 0 radical (unpaired) electrons. The van der Waals surface area contributed by atoms with Gasteiger partial charge < -0.3 is 19.5 Å². The summed E-state index contributed by atoms with van der Waals surface area (Å²) in [6.07, 6.45) is 3.89. The molecule has 18 heavy (non-hydrogen) atoms. The van der Waals surface area contributed by atoms with Gasteiger partial charge in [-0.3, -0.25) is 9.59 Å². The second kappa shape index (κ2) is 5.75. The quantitative estimate of drug-likeness (QED) is 0.804. The van der Waals surface area contributed by atoms with Crippen LogP contribution in [0.25, 0.3) is 0 Å². The zero-order chi connectivity index (χ0) is 13.0. The van der Waals surface area contributed by atoms with Gasteiger partial charge in [-0.15, -0.1) is 0 Å². The molecule has 1 amide bonds. The first-order chi connectivity index (χ1) is 8.68. The molecule has 1 fully saturated rings. The minimum absolute atomic E-state index is 0.0140. The summed E-state index contributed by atoms with van der Waals surface area (Å²) < 4.78 is 10.3. The van der Waals surface area contributed by atoms with Crippen LogP contribution < -0.4 is 0 Å². The highest BCUT2D eigenvalue weighted by molar-refractivity contribution is 5.92. The van der Waals surface area contributed by atoms with E-state index in [-0.39, 0.29) is 24.1 Å². The van der Waals surface area contributed by atoms with E-state index >= 15 is 0 Å². The van der Waals surface area contributed by atoms with Gasteiger partial charge in [0.1, 0.15) is 19.5 Å². The summed E-state index contributed by atoms with van der Waals surface area (Å²) in [6, 6.07) is -0.241. The Balaban J connectivity index is 2.05. The molecule has 0 bridgehead atoms. The molecule has 0 saturated carbocycles. The van der Waals surface area contributed by atoms with Crippen molar-refractivity contribution >= 4 is 11.9 Å². The molecule has 1 unspecified atom stereocenters. The number of likely N-dealkylation sites (tertiary alicyclic amines) is 1. The van der Waals surface area contributed by atoms with Gasteiger partial charge in [0.05, 0.1) is 6.42 Å². The van der Waals surface area contributed by atoms with Crippen LogP contribution in [0.15, 0.2) is 12.0 Å². The number of carbonyl (C=O) groups is 2. The second-order valence-corrected chi connectivity index (χ2v) is 4.45. The predicted octanol–water partition coefficient (Wildman–Crippen LogP) is 0.730. The van der Waals surface area contributed by atoms with Crippen LogP contribution in [-0.2, 0) is 19.1 Å². The van der Waals surface area contributed by atoms with E-state index in [9.17, 15) is 9.59 Å². The summed E-state index contributed by atoms with van der Waals surface area (Å²) in [5.74, 6) is -0.964. The van der Waals surface area contributed by atoms with Gasteiger partial charge in [-0.1, -0.05) is 0 Å². The summed E-state index contributed by atoms with van der Waals surface area (Å²) in [7, 11) is 0. The van der Waals surface area contributed by atoms with Crippen LogP contribution in [0.5, 0.6) is 0 Å². The van der Waals surface area contributed by atoms with E-state index in [0.29, 0.717) is 19.8 Å². The van der Waals surface area contributed by atoms with Crippen LogP contribution in [0, 0.1) is 0 Å². The summed E-state index contributed by atoms with van der Waals surface area (Å²) >= 11 is 0. The fourth-order valence-electron chi connectivity index (χ4n) is 2.30. The average molecular weight is 255 g/mol. The number of hydrogen-bond donors (Lipinski definition) is 1. The number of carbonyl (C=O) groups excluding carboxylic acids is 1. The molecule has 0 aromatic rings. The van der Waals surface area contributed by atoms with Crippen molar-refractivity contribution in [3.05, 3.63) is 12.0 Å². The number of aliphatic carboxylic acids is 1. The molecule has 2 rings (SSSR count). The highest BCUT2D eigenvalue weighted by atomic mass is 16.6. The Labute approximate surface area is 105 Å². The van der Waals surface area contributed by atoms with E-state index in [1.807, 2.05) is 0 Å². The maximum Gasteiger partial charge on any atom is 0.305 e. The number of rotatable bonds is 3. The molecule has 0 aromatic heterocycles. The lowest BCUT2D eigenvalue weighted by Gasteiger charge is -2.35. The minimum atomic E-state index is -0.880. The van der Waals surface area contributed by atoms with Crippen molar-refractivity contribution in [2.24, 2.45) is 0 Å². The van der Waals surface area contributed by atoms with Crippen molar-refractivity contribution in [1.29, 1.82) is 0 Å². The lowest BCUT2D eigenvalue weighted by Crippen LogP contribution is -2.46. The molecule has 1 N–H and O–H groups in total. The summed E-state index contributed by atoms with van der Waals surface area (Å²) in [5, 5.41) is 8.87. The number of nitrogens with zero attached hydrogens (tertiary/aromatic N) is 1. The summed E-state index contributed by atoms with van der Waals surface area (Å²) in [5.41, 5.74) is 0. The van der Waals surface area contributed by atoms with E-state index in [4.69, 9.17) is 14.6 Å². The predicted molar refractivity (Wildman–Crippen MR) is 61.6 cm³/mol. The molecular formula is C12H17NO5. The summed E-state index contributed by atoms with van der Waals surface area (Å²) in [6.45, 7) is 1.38. The molecule has 2 aliphatic rings. The smallest absolute Gasteiger partial charge is 0.305 e. The Bertz CT molecular complexity index is 365. The zero-order valence-electron chi connectivity index (χ0n) is 10.1. The van der Waals surface area contributed by atoms with Gasteiger partial charge in [-0.25, -0.2) is 0 Å². The minimum Gasteiger partial charge on any atom is -0.494 e. The van der Waals surface area contributed by atoms with Crippen molar-refractivity contribution in [2.45, 2.75) is 31.7 Å². The molecular weight excluding hydrogens is 238 g/mol. The topological polar surface area (TPSA) is 76.1 Å². The van der Waals surface area contributed by atoms with Crippen molar-refractivity contribution in [2.75, 3.05) is 19.8 Å². The molecule has 2 aliphatic heterocycles. The third-order valence-electron chi connectivity index (χ3n) is 3.16. The van der Waals surface area contributed by atoms with Crippen molar-refractivity contribution in [1.82, 2.24) is 4.90 Å². The molecule has 0 aromatic carbocycles. The Morgan fingerprint density at radius 2 is 2.22 bits per heavy atom. The molecule has 0 spiro atoms. The lowest BCUT2D eigenvalue weighted by molar-refractivity contribution is -0.142. The number of ether oxygens (including phenoxy) is 2. The Hall–Kier alpha value is -1.72. The molecule has 0 aliphatic carbocycles. The molecule has 100 valence electrons. The van der Waals surface area contributed by atoms with E-state index in [0.717, 1.165) is 19.3 Å². The van der Waals surface area contributed by atoms with Gasteiger partial charge in [-0.2, -0.15) is 0 Å². The zero-order valence-corrected chi connectivity index (χ0v) is 10.1. The third-order valence-corrected chi connectivity index (χ3v) is 3.16. The Morgan fingerprint density at radius 1 is 1.39 bits per heavy atom. The van der Waals surface area contributed by atoms with Crippen molar-refractivity contribution in [3.63, 3.8) is 0 Å². The molecule has 1 saturated heterocycles. The highest BCUT2D eigenvalue weighted by Crippen LogP contribution is 2.22. The van der Waals surface area contributed by atoms with Crippen LogP contribution in [0.3, 0.4) is 0 Å². The Morgan fingerprint density at radius 3 is 2.89 bits per heavy atom. The number of piperidine rings is 1. The van der Waals surface area contributed by atoms with Gasteiger partial charge in [0, 0.05) is 12.6 Å². The largest absolute Gasteiger partial charge is 0.494 e. The van der Waals surface area contributed by atoms with Crippen LogP contribution in [-0.4, -0.2) is 47.7 Å². The first kappa shape index (κ1) is 12.7. The van der Waals surface area contributed by atoms with Gasteiger partial charge in [-0.05, 0) is 19.3 Å². The fourth-order valence-corrected chi connectivity index (χ4v) is 2.30. The number of amides is 1. The SMILES string of the molecule is O=C(O)CC1CCCCN1C(=O)C1=COCCO1. The lowest BCUT2D eigenvalue weighted by atomic mass is 9.99. The third kappa shape index (κ3) is 2.94.